The number of fused-ring (bicyclic) bond motifs is 2. The monoisotopic (exact) mass is 400 g/mol. The molecule has 0 saturated carbocycles. The summed E-state index contributed by atoms with van der Waals surface area (Å²) in [7, 11) is 0. The van der Waals surface area contributed by atoms with E-state index in [0.717, 1.165) is 24.6 Å². The van der Waals surface area contributed by atoms with Gasteiger partial charge in [-0.05, 0) is 50.3 Å². The zero-order chi connectivity index (χ0) is 18.8. The number of nitrogens with two attached hydrogens (primary N) is 1. The predicted molar refractivity (Wildman–Crippen MR) is 111 cm³/mol. The van der Waals surface area contributed by atoms with Crippen LogP contribution in [0.3, 0.4) is 0 Å². The van der Waals surface area contributed by atoms with Crippen LogP contribution in [0.1, 0.15) is 45.3 Å². The quantitative estimate of drug-likeness (QED) is 0.497. The summed E-state index contributed by atoms with van der Waals surface area (Å²) in [4.78, 5) is 23.0. The van der Waals surface area contributed by atoms with Crippen LogP contribution in [0.25, 0.3) is 10.8 Å². The largest absolute Gasteiger partial charge is 0.398 e. The van der Waals surface area contributed by atoms with Gasteiger partial charge in [-0.2, -0.15) is 0 Å². The highest BCUT2D eigenvalue weighted by molar-refractivity contribution is 7.11. The lowest BCUT2D eigenvalue weighted by molar-refractivity contribution is 0.0950. The minimum atomic E-state index is -0.230. The zero-order valence-corrected chi connectivity index (χ0v) is 16.5. The van der Waals surface area contributed by atoms with E-state index in [9.17, 15) is 4.79 Å². The zero-order valence-electron chi connectivity index (χ0n) is 14.9. The third-order valence-corrected chi connectivity index (χ3v) is 6.40. The average Bonchev–Trinajstić information content (AvgIpc) is 3.10. The number of pyridine rings is 1. The lowest BCUT2D eigenvalue weighted by Gasteiger charge is -2.09. The van der Waals surface area contributed by atoms with Gasteiger partial charge in [-0.25, -0.2) is 4.98 Å². The Labute approximate surface area is 167 Å². The summed E-state index contributed by atoms with van der Waals surface area (Å²) in [6.45, 7) is 0.571. The van der Waals surface area contributed by atoms with E-state index in [-0.39, 0.29) is 5.91 Å². The summed E-state index contributed by atoms with van der Waals surface area (Å²) in [5.74, 6) is -0.230. The van der Waals surface area contributed by atoms with E-state index in [2.05, 4.69) is 10.3 Å². The average molecular weight is 401 g/mol. The highest BCUT2D eigenvalue weighted by Crippen LogP contribution is 2.30. The molecular weight excluding hydrogens is 380 g/mol. The van der Waals surface area contributed by atoms with E-state index in [0.29, 0.717) is 28.3 Å². The predicted octanol–water partition coefficient (Wildman–Crippen LogP) is 4.17. The lowest BCUT2D eigenvalue weighted by atomic mass is 10.0. The number of nitrogens with one attached hydrogen (secondary N) is 1. The molecule has 0 saturated heterocycles. The number of aromatic nitrogens is 2. The highest BCUT2D eigenvalue weighted by atomic mass is 35.5. The maximum atomic E-state index is 12.6. The fourth-order valence-corrected chi connectivity index (χ4v) is 4.94. The van der Waals surface area contributed by atoms with Gasteiger partial charge in [-0.3, -0.25) is 9.78 Å². The molecule has 0 aliphatic heterocycles. The Morgan fingerprint density at radius 2 is 2.11 bits per heavy atom. The molecule has 4 rings (SSSR count). The minimum absolute atomic E-state index is 0.230. The second kappa shape index (κ2) is 7.82. The van der Waals surface area contributed by atoms with Gasteiger partial charge < -0.3 is 11.1 Å². The smallest absolute Gasteiger partial charge is 0.270 e. The van der Waals surface area contributed by atoms with E-state index >= 15 is 0 Å². The number of halogens is 1. The van der Waals surface area contributed by atoms with Crippen LogP contribution in [0.4, 0.5) is 5.69 Å². The summed E-state index contributed by atoms with van der Waals surface area (Å²) in [5, 5.41) is 5.95. The molecule has 0 atom stereocenters. The third-order valence-electron chi connectivity index (χ3n) is 4.87. The molecule has 2 aromatic heterocycles. The standard InChI is InChI=1S/C20H21ClN4OS/c21-13-7-8-14(22)12-9-11-23-19(18(12)13)20(26)24-10-3-6-17-25-15-4-1-2-5-16(15)27-17/h7-9,11H,1-6,10,22H2,(H,24,26). The summed E-state index contributed by atoms with van der Waals surface area (Å²) in [6, 6.07) is 5.21. The van der Waals surface area contributed by atoms with Gasteiger partial charge in [0, 0.05) is 40.5 Å². The first-order chi connectivity index (χ1) is 13.1. The number of hydrogen-bond donors (Lipinski definition) is 2. The molecule has 0 spiro atoms. The van der Waals surface area contributed by atoms with E-state index in [4.69, 9.17) is 22.3 Å². The number of benzene rings is 1. The fourth-order valence-electron chi connectivity index (χ4n) is 3.49. The minimum Gasteiger partial charge on any atom is -0.398 e. The van der Waals surface area contributed by atoms with Gasteiger partial charge in [0.15, 0.2) is 0 Å². The van der Waals surface area contributed by atoms with Crippen molar-refractivity contribution in [3.05, 3.63) is 50.7 Å². The molecule has 1 aliphatic carbocycles. The summed E-state index contributed by atoms with van der Waals surface area (Å²) >= 11 is 8.12. The Morgan fingerprint density at radius 3 is 2.96 bits per heavy atom. The first-order valence-corrected chi connectivity index (χ1v) is 10.4. The van der Waals surface area contributed by atoms with Gasteiger partial charge in [-0.1, -0.05) is 11.6 Å². The summed E-state index contributed by atoms with van der Waals surface area (Å²) in [5.41, 5.74) is 8.18. The SMILES string of the molecule is Nc1ccc(Cl)c2c(C(=O)NCCCc3nc4c(s3)CCCC4)nccc12. The number of thiazole rings is 1. The molecule has 0 fully saturated rings. The first kappa shape index (κ1) is 18.2. The number of hydrogen-bond acceptors (Lipinski definition) is 5. The van der Waals surface area contributed by atoms with Gasteiger partial charge in [0.25, 0.3) is 5.91 Å². The second-order valence-corrected chi connectivity index (χ2v) is 8.34. The number of nitrogen functional groups attached to an aromatic ring is 1. The summed E-state index contributed by atoms with van der Waals surface area (Å²) in [6.07, 6.45) is 8.12. The molecule has 1 aliphatic rings. The molecule has 140 valence electrons. The molecule has 5 nitrogen and oxygen atoms in total. The summed E-state index contributed by atoms with van der Waals surface area (Å²) < 4.78 is 0. The number of anilines is 1. The molecule has 1 amide bonds. The molecule has 2 heterocycles. The van der Waals surface area contributed by atoms with Gasteiger partial charge in [0.2, 0.25) is 0 Å². The first-order valence-electron chi connectivity index (χ1n) is 9.22. The maximum absolute atomic E-state index is 12.6. The van der Waals surface area contributed by atoms with Crippen molar-refractivity contribution in [1.82, 2.24) is 15.3 Å². The number of carbonyl (C=O) groups is 1. The third kappa shape index (κ3) is 3.77. The Bertz CT molecular complexity index is 978. The second-order valence-electron chi connectivity index (χ2n) is 6.76. The van der Waals surface area contributed by atoms with Gasteiger partial charge in [0.05, 0.1) is 15.7 Å². The van der Waals surface area contributed by atoms with Crippen LogP contribution in [0.15, 0.2) is 24.4 Å². The normalized spacial score (nSPS) is 13.5. The van der Waals surface area contributed by atoms with Crippen molar-refractivity contribution in [2.75, 3.05) is 12.3 Å². The molecule has 0 radical (unpaired) electrons. The van der Waals surface area contributed by atoms with Crippen LogP contribution in [0, 0.1) is 0 Å². The van der Waals surface area contributed by atoms with E-state index in [1.165, 1.54) is 34.8 Å². The number of carbonyl (C=O) groups excluding carboxylic acids is 1. The molecular formula is C20H21ClN4OS. The molecule has 7 heteroatoms. The van der Waals surface area contributed by atoms with Gasteiger partial charge in [-0.15, -0.1) is 11.3 Å². The Morgan fingerprint density at radius 1 is 1.26 bits per heavy atom. The Kier molecular flexibility index (Phi) is 5.27. The van der Waals surface area contributed by atoms with Crippen molar-refractivity contribution >= 4 is 45.3 Å². The molecule has 3 aromatic rings. The van der Waals surface area contributed by atoms with Gasteiger partial charge >= 0.3 is 0 Å². The Hall–Kier alpha value is -2.18. The molecule has 27 heavy (non-hydrogen) atoms. The van der Waals surface area contributed by atoms with Crippen LogP contribution >= 0.6 is 22.9 Å². The number of nitrogens with zero attached hydrogens (tertiary/aromatic N) is 2. The van der Waals surface area contributed by atoms with Crippen molar-refractivity contribution in [3.8, 4) is 0 Å². The van der Waals surface area contributed by atoms with Crippen molar-refractivity contribution in [1.29, 1.82) is 0 Å². The van der Waals surface area contributed by atoms with Crippen molar-refractivity contribution in [2.45, 2.75) is 38.5 Å². The topological polar surface area (TPSA) is 80.9 Å². The highest BCUT2D eigenvalue weighted by Gasteiger charge is 2.16. The lowest BCUT2D eigenvalue weighted by Crippen LogP contribution is -2.26. The fraction of sp³-hybridized carbons (Fsp3) is 0.350. The van der Waals surface area contributed by atoms with Crippen molar-refractivity contribution in [3.63, 3.8) is 0 Å². The molecule has 3 N–H and O–H groups in total. The Balaban J connectivity index is 1.39. The van der Waals surface area contributed by atoms with E-state index in [1.807, 2.05) is 11.3 Å². The number of rotatable bonds is 5. The molecule has 0 unspecified atom stereocenters. The molecule has 0 bridgehead atoms. The van der Waals surface area contributed by atoms with Crippen LogP contribution in [0.5, 0.6) is 0 Å². The van der Waals surface area contributed by atoms with Gasteiger partial charge in [0.1, 0.15) is 5.69 Å². The van der Waals surface area contributed by atoms with Crippen LogP contribution < -0.4 is 11.1 Å². The van der Waals surface area contributed by atoms with E-state index in [1.54, 1.807) is 24.4 Å². The van der Waals surface area contributed by atoms with Crippen LogP contribution in [-0.4, -0.2) is 22.4 Å². The van der Waals surface area contributed by atoms with Crippen LogP contribution in [0.2, 0.25) is 5.02 Å². The number of aryl methyl sites for hydroxylation is 3. The maximum Gasteiger partial charge on any atom is 0.270 e. The van der Waals surface area contributed by atoms with Crippen molar-refractivity contribution in [2.24, 2.45) is 0 Å². The van der Waals surface area contributed by atoms with Crippen LogP contribution in [-0.2, 0) is 19.3 Å². The van der Waals surface area contributed by atoms with E-state index < -0.39 is 0 Å². The number of amides is 1. The van der Waals surface area contributed by atoms with Crippen molar-refractivity contribution < 1.29 is 4.79 Å². The molecule has 1 aromatic carbocycles.